The van der Waals surface area contributed by atoms with Crippen molar-refractivity contribution in [2.24, 2.45) is 0 Å². The fourth-order valence-electron chi connectivity index (χ4n) is 4.31. The summed E-state index contributed by atoms with van der Waals surface area (Å²) in [7, 11) is -1.81. The molecular formula is C30H22NaO6PS2. The molecule has 0 saturated heterocycles. The van der Waals surface area contributed by atoms with E-state index in [1.54, 1.807) is 38.5 Å². The Kier molecular flexibility index (Phi) is 8.78. The zero-order valence-corrected chi connectivity index (χ0v) is 26.5. The van der Waals surface area contributed by atoms with E-state index in [4.69, 9.17) is 18.5 Å². The van der Waals surface area contributed by atoms with E-state index in [2.05, 4.69) is 0 Å². The summed E-state index contributed by atoms with van der Waals surface area (Å²) in [5, 5.41) is 0. The van der Waals surface area contributed by atoms with Crippen molar-refractivity contribution in [2.75, 3.05) is 14.2 Å². The second-order valence-corrected chi connectivity index (χ2v) is 12.1. The average Bonchev–Trinajstić information content (AvgIpc) is 3.19. The van der Waals surface area contributed by atoms with Gasteiger partial charge < -0.3 is 23.4 Å². The van der Waals surface area contributed by atoms with Crippen molar-refractivity contribution >= 4 is 55.0 Å². The van der Waals surface area contributed by atoms with Crippen molar-refractivity contribution in [1.82, 2.24) is 0 Å². The summed E-state index contributed by atoms with van der Waals surface area (Å²) in [4.78, 5) is 17.2. The van der Waals surface area contributed by atoms with Crippen molar-refractivity contribution in [3.8, 4) is 11.5 Å². The van der Waals surface area contributed by atoms with Gasteiger partial charge in [0, 0.05) is 30.7 Å². The molecule has 0 bridgehead atoms. The van der Waals surface area contributed by atoms with Gasteiger partial charge in [0.25, 0.3) is 0 Å². The van der Waals surface area contributed by atoms with Crippen molar-refractivity contribution in [3.05, 3.63) is 107 Å². The largest absolute Gasteiger partial charge is 1.00 e. The molecule has 0 atom stereocenters. The van der Waals surface area contributed by atoms with Crippen LogP contribution in [0.3, 0.4) is 0 Å². The topological polar surface area (TPSA) is 77.1 Å². The predicted octanol–water partition coefficient (Wildman–Crippen LogP) is 4.84. The van der Waals surface area contributed by atoms with Crippen LogP contribution in [-0.4, -0.2) is 14.2 Å². The van der Waals surface area contributed by atoms with Gasteiger partial charge in [0.05, 0.1) is 14.2 Å². The first-order valence-corrected chi connectivity index (χ1v) is 15.1. The predicted molar refractivity (Wildman–Crippen MR) is 153 cm³/mol. The Hall–Kier alpha value is -2.55. The Labute approximate surface area is 263 Å². The average molecular weight is 597 g/mol. The van der Waals surface area contributed by atoms with E-state index in [-0.39, 0.29) is 41.1 Å². The summed E-state index contributed by atoms with van der Waals surface area (Å²) >= 11 is 3.06. The minimum absolute atomic E-state index is 0. The third-order valence-electron chi connectivity index (χ3n) is 6.18. The maximum absolute atomic E-state index is 13.6. The van der Waals surface area contributed by atoms with Gasteiger partial charge in [0.15, 0.2) is 0 Å². The fourth-order valence-corrected chi connectivity index (χ4v) is 7.20. The third kappa shape index (κ3) is 6.04. The molecule has 0 fully saturated rings. The monoisotopic (exact) mass is 596 g/mol. The van der Waals surface area contributed by atoms with Crippen LogP contribution in [0.25, 0.3) is 23.7 Å². The van der Waals surface area contributed by atoms with Crippen LogP contribution in [0.2, 0.25) is 0 Å². The molecule has 0 N–H and O–H groups in total. The number of hydrogen-bond donors (Lipinski definition) is 0. The smallest absolute Gasteiger partial charge is 0.736 e. The van der Waals surface area contributed by atoms with Crippen LogP contribution in [0.15, 0.2) is 105 Å². The van der Waals surface area contributed by atoms with Gasteiger partial charge in [-0.15, -0.1) is 0 Å². The molecule has 4 aromatic carbocycles. The summed E-state index contributed by atoms with van der Waals surface area (Å²) in [6.45, 7) is 0. The van der Waals surface area contributed by atoms with Crippen LogP contribution in [0.5, 0.6) is 11.5 Å². The van der Waals surface area contributed by atoms with Gasteiger partial charge in [-0.1, -0.05) is 59.9 Å². The normalized spacial score (nSPS) is 13.4. The SMILES string of the molecule is COc1ccc2c(c1)C(OP(=O)([O-])OC1=Cc3ccccc3Sc3ccc(OC)cc31)=Cc1ccccc1S2.[Na+]. The van der Waals surface area contributed by atoms with Crippen LogP contribution < -0.4 is 43.9 Å². The van der Waals surface area contributed by atoms with Crippen LogP contribution in [0.1, 0.15) is 22.3 Å². The van der Waals surface area contributed by atoms with Crippen molar-refractivity contribution in [1.29, 1.82) is 0 Å². The number of rotatable bonds is 6. The van der Waals surface area contributed by atoms with Crippen LogP contribution in [-0.2, 0) is 13.6 Å². The van der Waals surface area contributed by atoms with Gasteiger partial charge >= 0.3 is 37.4 Å². The molecule has 6 rings (SSSR count). The minimum Gasteiger partial charge on any atom is -0.736 e. The third-order valence-corrected chi connectivity index (χ3v) is 9.35. The second-order valence-electron chi connectivity index (χ2n) is 8.65. The zero-order valence-electron chi connectivity index (χ0n) is 22.0. The molecule has 0 radical (unpaired) electrons. The van der Waals surface area contributed by atoms with E-state index in [1.807, 2.05) is 72.8 Å². The number of benzene rings is 4. The van der Waals surface area contributed by atoms with E-state index >= 15 is 0 Å². The number of hydrogen-bond acceptors (Lipinski definition) is 8. The maximum Gasteiger partial charge on any atom is 1.00 e. The van der Waals surface area contributed by atoms with Crippen molar-refractivity contribution in [3.63, 3.8) is 0 Å². The number of fused-ring (bicyclic) bond motifs is 4. The molecule has 10 heteroatoms. The molecule has 0 amide bonds. The first kappa shape index (κ1) is 29.0. The van der Waals surface area contributed by atoms with Crippen molar-refractivity contribution in [2.45, 2.75) is 19.6 Å². The molecule has 0 spiro atoms. The van der Waals surface area contributed by atoms with Gasteiger partial charge in [-0.3, -0.25) is 0 Å². The first-order valence-electron chi connectivity index (χ1n) is 12.0. The van der Waals surface area contributed by atoms with E-state index in [9.17, 15) is 9.46 Å². The number of phosphoric ester groups is 1. The summed E-state index contributed by atoms with van der Waals surface area (Å²) in [5.41, 5.74) is 2.85. The Morgan fingerprint density at radius 1 is 0.625 bits per heavy atom. The molecule has 2 aliphatic heterocycles. The Morgan fingerprint density at radius 3 is 1.48 bits per heavy atom. The standard InChI is InChI=1S/C30H23O6PS2.Na/c1-33-21-11-13-29-23(17-21)25(15-19-7-3-5-9-27(19)38-29)35-37(31,32)36-26-16-20-8-4-6-10-28(20)39-30-14-12-22(34-2)18-24(26)30;/h3-18H,1-2H3,(H,31,32);/q;+1/p-1. The summed E-state index contributed by atoms with van der Waals surface area (Å²) in [5.74, 6) is 1.46. The molecule has 4 aromatic rings. The van der Waals surface area contributed by atoms with E-state index in [0.29, 0.717) is 22.6 Å². The van der Waals surface area contributed by atoms with Crippen LogP contribution in [0.4, 0.5) is 0 Å². The second kappa shape index (κ2) is 12.1. The summed E-state index contributed by atoms with van der Waals surface area (Å²) in [6, 6.07) is 26.4. The Bertz CT molecular complexity index is 1580. The molecule has 196 valence electrons. The van der Waals surface area contributed by atoms with Crippen LogP contribution in [0, 0.1) is 0 Å². The summed E-state index contributed by atoms with van der Waals surface area (Å²) in [6.07, 6.45) is 3.43. The molecule has 6 nitrogen and oxygen atoms in total. The molecule has 2 heterocycles. The number of phosphoric acid groups is 1. The first-order chi connectivity index (χ1) is 18.9. The van der Waals surface area contributed by atoms with Gasteiger partial charge in [-0.2, -0.15) is 0 Å². The van der Waals surface area contributed by atoms with E-state index in [0.717, 1.165) is 30.7 Å². The molecule has 40 heavy (non-hydrogen) atoms. The molecule has 2 aliphatic rings. The summed E-state index contributed by atoms with van der Waals surface area (Å²) < 4.78 is 35.9. The zero-order chi connectivity index (χ0) is 27.0. The van der Waals surface area contributed by atoms with E-state index < -0.39 is 7.82 Å². The Balaban J connectivity index is 0.00000323. The number of methoxy groups -OCH3 is 2. The van der Waals surface area contributed by atoms with Gasteiger partial charge in [-0.25, -0.2) is 4.57 Å². The molecular weight excluding hydrogens is 574 g/mol. The van der Waals surface area contributed by atoms with Crippen molar-refractivity contribution < 1.29 is 57.5 Å². The Morgan fingerprint density at radius 2 is 1.05 bits per heavy atom. The van der Waals surface area contributed by atoms with E-state index in [1.165, 1.54) is 23.5 Å². The fraction of sp³-hybridized carbons (Fsp3) is 0.0667. The maximum atomic E-state index is 13.6. The quantitative estimate of drug-likeness (QED) is 0.231. The minimum atomic E-state index is -4.94. The van der Waals surface area contributed by atoms with Gasteiger partial charge in [-0.05, 0) is 71.8 Å². The molecule has 0 saturated carbocycles. The number of ether oxygens (including phenoxy) is 2. The van der Waals surface area contributed by atoms with Crippen LogP contribution >= 0.6 is 31.3 Å². The molecule has 0 unspecified atom stereocenters. The molecule has 0 aliphatic carbocycles. The molecule has 0 aromatic heterocycles. The van der Waals surface area contributed by atoms with Gasteiger partial charge in [0.1, 0.15) is 23.0 Å². The van der Waals surface area contributed by atoms with Gasteiger partial charge in [0.2, 0.25) is 0 Å².